The molecular formula is C2H6Li2O2. The third-order valence-electron chi connectivity index (χ3n) is 0. The SMILES string of the molecule is CC(O)O.[Li].[Li]. The zero-order valence-electron chi connectivity index (χ0n) is 4.47. The van der Waals surface area contributed by atoms with E-state index in [0.717, 1.165) is 0 Å². The Morgan fingerprint density at radius 2 is 1.17 bits per heavy atom. The molecule has 0 saturated heterocycles. The van der Waals surface area contributed by atoms with Gasteiger partial charge in [-0.1, -0.05) is 0 Å². The van der Waals surface area contributed by atoms with Crippen molar-refractivity contribution in [2.75, 3.05) is 0 Å². The summed E-state index contributed by atoms with van der Waals surface area (Å²) < 4.78 is 0. The first-order valence-corrected chi connectivity index (χ1v) is 1.09. The van der Waals surface area contributed by atoms with Crippen LogP contribution in [0.3, 0.4) is 0 Å². The monoisotopic (exact) mass is 76.1 g/mol. The predicted molar refractivity (Wildman–Crippen MR) is 25.4 cm³/mol. The molecule has 0 spiro atoms. The Balaban J connectivity index is -0.0000000450. The molecule has 0 amide bonds. The molecule has 0 saturated carbocycles. The minimum Gasteiger partial charge on any atom is -0.368 e. The average molecular weight is 76.0 g/mol. The molecule has 0 aromatic heterocycles. The van der Waals surface area contributed by atoms with Crippen molar-refractivity contribution >= 4 is 37.7 Å². The Labute approximate surface area is 61.3 Å². The van der Waals surface area contributed by atoms with Crippen molar-refractivity contribution in [3.8, 4) is 0 Å². The van der Waals surface area contributed by atoms with Crippen molar-refractivity contribution in [2.24, 2.45) is 0 Å². The summed E-state index contributed by atoms with van der Waals surface area (Å²) in [4.78, 5) is 0. The first-order chi connectivity index (χ1) is 1.73. The maximum absolute atomic E-state index is 7.61. The van der Waals surface area contributed by atoms with Gasteiger partial charge in [0.05, 0.1) is 0 Å². The second-order valence-electron chi connectivity index (χ2n) is 0.632. The molecule has 0 aromatic rings. The maximum Gasteiger partial charge on any atom is 0.148 e. The van der Waals surface area contributed by atoms with E-state index in [1.54, 1.807) is 0 Å². The van der Waals surface area contributed by atoms with Gasteiger partial charge in [0, 0.05) is 37.7 Å². The van der Waals surface area contributed by atoms with Crippen molar-refractivity contribution in [2.45, 2.75) is 13.2 Å². The van der Waals surface area contributed by atoms with Gasteiger partial charge in [-0.25, -0.2) is 0 Å². The Hall–Kier alpha value is 1.11. The van der Waals surface area contributed by atoms with Crippen LogP contribution in [-0.4, -0.2) is 54.2 Å². The molecule has 0 fully saturated rings. The van der Waals surface area contributed by atoms with Crippen molar-refractivity contribution in [3.63, 3.8) is 0 Å². The summed E-state index contributed by atoms with van der Waals surface area (Å²) in [6, 6.07) is 0. The second-order valence-corrected chi connectivity index (χ2v) is 0.632. The van der Waals surface area contributed by atoms with E-state index >= 15 is 0 Å². The van der Waals surface area contributed by atoms with Crippen LogP contribution in [0.25, 0.3) is 0 Å². The van der Waals surface area contributed by atoms with Gasteiger partial charge < -0.3 is 10.2 Å². The van der Waals surface area contributed by atoms with Crippen LogP contribution in [0.4, 0.5) is 0 Å². The van der Waals surface area contributed by atoms with Gasteiger partial charge in [0.15, 0.2) is 0 Å². The van der Waals surface area contributed by atoms with Gasteiger partial charge in [0.2, 0.25) is 0 Å². The summed E-state index contributed by atoms with van der Waals surface area (Å²) in [5, 5.41) is 15.2. The smallest absolute Gasteiger partial charge is 0.148 e. The minimum absolute atomic E-state index is 0. The number of aliphatic hydroxyl groups excluding tert-OH is 1. The van der Waals surface area contributed by atoms with Crippen LogP contribution in [0.5, 0.6) is 0 Å². The molecular weight excluding hydrogens is 69.9 g/mol. The average Bonchev–Trinajstić information content (AvgIpc) is 0.811. The van der Waals surface area contributed by atoms with Gasteiger partial charge in [0.25, 0.3) is 0 Å². The van der Waals surface area contributed by atoms with Crippen LogP contribution in [0.15, 0.2) is 0 Å². The fourth-order valence-electron chi connectivity index (χ4n) is 0. The van der Waals surface area contributed by atoms with Gasteiger partial charge in [-0.05, 0) is 6.92 Å². The molecule has 2 radical (unpaired) electrons. The molecule has 0 aliphatic rings. The molecule has 0 heterocycles. The zero-order chi connectivity index (χ0) is 3.58. The molecule has 2 nitrogen and oxygen atoms in total. The third-order valence-corrected chi connectivity index (χ3v) is 0. The van der Waals surface area contributed by atoms with E-state index in [-0.39, 0.29) is 37.7 Å². The van der Waals surface area contributed by atoms with Crippen LogP contribution in [0.1, 0.15) is 6.92 Å². The summed E-state index contributed by atoms with van der Waals surface area (Å²) >= 11 is 0. The van der Waals surface area contributed by atoms with E-state index in [1.165, 1.54) is 6.92 Å². The number of rotatable bonds is 0. The van der Waals surface area contributed by atoms with Crippen LogP contribution < -0.4 is 0 Å². The molecule has 0 atom stereocenters. The molecule has 28 valence electrons. The number of hydrogen-bond acceptors (Lipinski definition) is 2. The molecule has 0 aliphatic carbocycles. The molecule has 6 heavy (non-hydrogen) atoms. The van der Waals surface area contributed by atoms with Gasteiger partial charge in [-0.3, -0.25) is 0 Å². The summed E-state index contributed by atoms with van der Waals surface area (Å²) in [6.45, 7) is 1.28. The van der Waals surface area contributed by atoms with Crippen LogP contribution in [0, 0.1) is 0 Å². The van der Waals surface area contributed by atoms with E-state index in [4.69, 9.17) is 10.2 Å². The summed E-state index contributed by atoms with van der Waals surface area (Å²) in [5.41, 5.74) is 0. The standard InChI is InChI=1S/C2H6O2.2Li/c1-2(3)4;;/h2-4H,1H3;;. The summed E-state index contributed by atoms with van der Waals surface area (Å²) in [6.07, 6.45) is -1.17. The molecule has 2 N–H and O–H groups in total. The van der Waals surface area contributed by atoms with Gasteiger partial charge >= 0.3 is 0 Å². The van der Waals surface area contributed by atoms with Gasteiger partial charge in [-0.2, -0.15) is 0 Å². The second kappa shape index (κ2) is 9.45. The topological polar surface area (TPSA) is 40.5 Å². The minimum atomic E-state index is -1.17. The first-order valence-electron chi connectivity index (χ1n) is 1.09. The molecule has 0 bridgehead atoms. The van der Waals surface area contributed by atoms with Crippen LogP contribution >= 0.6 is 0 Å². The normalized spacial score (nSPS) is 6.00. The number of hydrogen-bond donors (Lipinski definition) is 2. The van der Waals surface area contributed by atoms with E-state index in [1.807, 2.05) is 0 Å². The Bertz CT molecular complexity index is 14.3. The van der Waals surface area contributed by atoms with Gasteiger partial charge in [-0.15, -0.1) is 0 Å². The summed E-state index contributed by atoms with van der Waals surface area (Å²) in [5.74, 6) is 0. The Kier molecular flexibility index (Phi) is 24.7. The van der Waals surface area contributed by atoms with E-state index in [0.29, 0.717) is 0 Å². The maximum atomic E-state index is 7.61. The zero-order valence-corrected chi connectivity index (χ0v) is 4.47. The Morgan fingerprint density at radius 1 is 1.17 bits per heavy atom. The van der Waals surface area contributed by atoms with Crippen molar-refractivity contribution in [1.82, 2.24) is 0 Å². The van der Waals surface area contributed by atoms with E-state index in [2.05, 4.69) is 0 Å². The van der Waals surface area contributed by atoms with E-state index in [9.17, 15) is 0 Å². The molecule has 0 rings (SSSR count). The van der Waals surface area contributed by atoms with Crippen LogP contribution in [-0.2, 0) is 0 Å². The largest absolute Gasteiger partial charge is 0.368 e. The first kappa shape index (κ1) is 15.7. The van der Waals surface area contributed by atoms with E-state index < -0.39 is 6.29 Å². The van der Waals surface area contributed by atoms with Crippen molar-refractivity contribution in [1.29, 1.82) is 0 Å². The quantitative estimate of drug-likeness (QED) is 0.274. The van der Waals surface area contributed by atoms with Crippen LogP contribution in [0.2, 0.25) is 0 Å². The molecule has 0 aromatic carbocycles. The molecule has 0 aliphatic heterocycles. The van der Waals surface area contributed by atoms with Gasteiger partial charge in [0.1, 0.15) is 6.29 Å². The van der Waals surface area contributed by atoms with Crippen molar-refractivity contribution < 1.29 is 10.2 Å². The predicted octanol–water partition coefficient (Wildman–Crippen LogP) is -1.44. The molecule has 4 heteroatoms. The number of aliphatic hydroxyl groups is 2. The third kappa shape index (κ3) is 69.7. The fourth-order valence-corrected chi connectivity index (χ4v) is 0. The molecule has 0 unspecified atom stereocenters. The fraction of sp³-hybridized carbons (Fsp3) is 1.00. The Morgan fingerprint density at radius 3 is 1.17 bits per heavy atom. The summed E-state index contributed by atoms with van der Waals surface area (Å²) in [7, 11) is 0. The van der Waals surface area contributed by atoms with Crippen molar-refractivity contribution in [3.05, 3.63) is 0 Å².